The highest BCUT2D eigenvalue weighted by Crippen LogP contribution is 2.15. The molecule has 0 aromatic carbocycles. The van der Waals surface area contributed by atoms with E-state index in [1.807, 2.05) is 13.8 Å². The van der Waals surface area contributed by atoms with Crippen LogP contribution in [0, 0.1) is 13.8 Å². The SMILES string of the molecule is COCc1nnc(-n2cnnn2)c(C)c1C. The summed E-state index contributed by atoms with van der Waals surface area (Å²) in [7, 11) is 1.63. The monoisotopic (exact) mass is 220 g/mol. The zero-order valence-electron chi connectivity index (χ0n) is 9.38. The molecule has 0 aliphatic heterocycles. The Morgan fingerprint density at radius 3 is 2.69 bits per heavy atom. The molecule has 0 aliphatic carbocycles. The van der Waals surface area contributed by atoms with Crippen molar-refractivity contribution >= 4 is 0 Å². The third kappa shape index (κ3) is 1.76. The number of methoxy groups -OCH3 is 1. The van der Waals surface area contributed by atoms with E-state index in [2.05, 4.69) is 25.7 Å². The summed E-state index contributed by atoms with van der Waals surface area (Å²) in [6, 6.07) is 0. The van der Waals surface area contributed by atoms with Gasteiger partial charge in [0.05, 0.1) is 12.3 Å². The Balaban J connectivity index is 2.47. The predicted octanol–water partition coefficient (Wildman–Crippen LogP) is 0.216. The topological polar surface area (TPSA) is 78.6 Å². The van der Waals surface area contributed by atoms with Crippen molar-refractivity contribution < 1.29 is 4.74 Å². The summed E-state index contributed by atoms with van der Waals surface area (Å²) in [6.45, 7) is 4.39. The van der Waals surface area contributed by atoms with Crippen LogP contribution in [0.4, 0.5) is 0 Å². The minimum Gasteiger partial charge on any atom is -0.378 e. The van der Waals surface area contributed by atoms with Crippen molar-refractivity contribution in [3.8, 4) is 5.82 Å². The van der Waals surface area contributed by atoms with Gasteiger partial charge in [0.1, 0.15) is 6.33 Å². The van der Waals surface area contributed by atoms with Crippen LogP contribution in [0.15, 0.2) is 6.33 Å². The van der Waals surface area contributed by atoms with Gasteiger partial charge in [0.2, 0.25) is 0 Å². The van der Waals surface area contributed by atoms with Crippen molar-refractivity contribution in [2.45, 2.75) is 20.5 Å². The second kappa shape index (κ2) is 4.31. The smallest absolute Gasteiger partial charge is 0.182 e. The van der Waals surface area contributed by atoms with Crippen LogP contribution in [-0.4, -0.2) is 37.5 Å². The normalized spacial score (nSPS) is 10.7. The minimum atomic E-state index is 0.454. The number of tetrazole rings is 1. The van der Waals surface area contributed by atoms with Crippen LogP contribution < -0.4 is 0 Å². The lowest BCUT2D eigenvalue weighted by atomic mass is 10.1. The van der Waals surface area contributed by atoms with E-state index in [4.69, 9.17) is 4.74 Å². The molecular weight excluding hydrogens is 208 g/mol. The molecule has 0 bridgehead atoms. The van der Waals surface area contributed by atoms with Gasteiger partial charge in [-0.25, -0.2) is 0 Å². The van der Waals surface area contributed by atoms with Crippen LogP contribution in [0.3, 0.4) is 0 Å². The molecule has 0 fully saturated rings. The highest BCUT2D eigenvalue weighted by atomic mass is 16.5. The van der Waals surface area contributed by atoms with Crippen LogP contribution in [0.5, 0.6) is 0 Å². The summed E-state index contributed by atoms with van der Waals surface area (Å²) in [4.78, 5) is 0. The molecule has 0 N–H and O–H groups in total. The van der Waals surface area contributed by atoms with E-state index in [9.17, 15) is 0 Å². The zero-order valence-corrected chi connectivity index (χ0v) is 9.38. The molecule has 2 heterocycles. The molecule has 0 saturated heterocycles. The Labute approximate surface area is 92.5 Å². The Bertz CT molecular complexity index is 481. The lowest BCUT2D eigenvalue weighted by Crippen LogP contribution is -2.09. The van der Waals surface area contributed by atoms with Crippen LogP contribution in [-0.2, 0) is 11.3 Å². The van der Waals surface area contributed by atoms with Crippen molar-refractivity contribution in [1.82, 2.24) is 30.4 Å². The van der Waals surface area contributed by atoms with Crippen molar-refractivity contribution in [3.63, 3.8) is 0 Å². The van der Waals surface area contributed by atoms with E-state index in [-0.39, 0.29) is 0 Å². The number of ether oxygens (including phenoxy) is 1. The lowest BCUT2D eigenvalue weighted by Gasteiger charge is -2.09. The third-order valence-electron chi connectivity index (χ3n) is 2.44. The number of rotatable bonds is 3. The van der Waals surface area contributed by atoms with Crippen molar-refractivity contribution in [3.05, 3.63) is 23.1 Å². The molecule has 16 heavy (non-hydrogen) atoms. The number of aromatic nitrogens is 6. The van der Waals surface area contributed by atoms with Gasteiger partial charge < -0.3 is 4.74 Å². The Kier molecular flexibility index (Phi) is 2.86. The first-order valence-electron chi connectivity index (χ1n) is 4.79. The van der Waals surface area contributed by atoms with E-state index < -0.39 is 0 Å². The predicted molar refractivity (Wildman–Crippen MR) is 54.9 cm³/mol. The van der Waals surface area contributed by atoms with Gasteiger partial charge in [-0.3, -0.25) is 0 Å². The summed E-state index contributed by atoms with van der Waals surface area (Å²) in [5.41, 5.74) is 2.87. The van der Waals surface area contributed by atoms with Gasteiger partial charge in [-0.1, -0.05) is 0 Å². The first-order chi connectivity index (χ1) is 7.74. The standard InChI is InChI=1S/C9H12N6O/c1-6-7(2)9(15-5-10-13-14-15)12-11-8(6)4-16-3/h5H,4H2,1-3H3. The average Bonchev–Trinajstić information content (AvgIpc) is 2.79. The minimum absolute atomic E-state index is 0.454. The quantitative estimate of drug-likeness (QED) is 0.736. The molecule has 7 heteroatoms. The maximum atomic E-state index is 5.04. The Hall–Kier alpha value is -1.89. The van der Waals surface area contributed by atoms with Gasteiger partial charge in [0.25, 0.3) is 0 Å². The summed E-state index contributed by atoms with van der Waals surface area (Å²) < 4.78 is 6.54. The van der Waals surface area contributed by atoms with Gasteiger partial charge in [-0.15, -0.1) is 10.2 Å². The summed E-state index contributed by atoms with van der Waals surface area (Å²) in [6.07, 6.45) is 1.49. The third-order valence-corrected chi connectivity index (χ3v) is 2.44. The highest BCUT2D eigenvalue weighted by Gasteiger charge is 2.11. The number of hydrogen-bond acceptors (Lipinski definition) is 6. The molecule has 84 valence electrons. The van der Waals surface area contributed by atoms with E-state index >= 15 is 0 Å². The maximum absolute atomic E-state index is 5.04. The largest absolute Gasteiger partial charge is 0.378 e. The molecule has 0 unspecified atom stereocenters. The van der Waals surface area contributed by atoms with Gasteiger partial charge in [0, 0.05) is 12.7 Å². The number of hydrogen-bond donors (Lipinski definition) is 0. The Morgan fingerprint density at radius 1 is 1.25 bits per heavy atom. The molecule has 0 atom stereocenters. The van der Waals surface area contributed by atoms with Gasteiger partial charge >= 0.3 is 0 Å². The molecule has 2 aromatic heterocycles. The lowest BCUT2D eigenvalue weighted by molar-refractivity contribution is 0.180. The summed E-state index contributed by atoms with van der Waals surface area (Å²) in [5.74, 6) is 0.641. The van der Waals surface area contributed by atoms with Crippen LogP contribution in [0.2, 0.25) is 0 Å². The van der Waals surface area contributed by atoms with E-state index in [1.165, 1.54) is 11.0 Å². The average molecular weight is 220 g/mol. The van der Waals surface area contributed by atoms with Gasteiger partial charge in [-0.05, 0) is 29.8 Å². The van der Waals surface area contributed by atoms with Crippen LogP contribution in [0.1, 0.15) is 16.8 Å². The molecule has 0 amide bonds. The maximum Gasteiger partial charge on any atom is 0.182 e. The van der Waals surface area contributed by atoms with Crippen molar-refractivity contribution in [1.29, 1.82) is 0 Å². The molecule has 2 rings (SSSR count). The fraction of sp³-hybridized carbons (Fsp3) is 0.444. The zero-order chi connectivity index (χ0) is 11.5. The van der Waals surface area contributed by atoms with Crippen LogP contribution >= 0.6 is 0 Å². The molecule has 0 aliphatic rings. The highest BCUT2D eigenvalue weighted by molar-refractivity contribution is 5.38. The van der Waals surface area contributed by atoms with Gasteiger partial charge in [-0.2, -0.15) is 9.78 Å². The van der Waals surface area contributed by atoms with E-state index in [1.54, 1.807) is 7.11 Å². The summed E-state index contributed by atoms with van der Waals surface area (Å²) >= 11 is 0. The fourth-order valence-corrected chi connectivity index (χ4v) is 1.39. The van der Waals surface area contributed by atoms with Crippen molar-refractivity contribution in [2.24, 2.45) is 0 Å². The molecule has 0 radical (unpaired) electrons. The fourth-order valence-electron chi connectivity index (χ4n) is 1.39. The van der Waals surface area contributed by atoms with E-state index in [0.717, 1.165) is 16.8 Å². The molecule has 0 saturated carbocycles. The van der Waals surface area contributed by atoms with Crippen molar-refractivity contribution in [2.75, 3.05) is 7.11 Å². The second-order valence-electron chi connectivity index (χ2n) is 3.41. The summed E-state index contributed by atoms with van der Waals surface area (Å²) in [5, 5.41) is 19.1. The van der Waals surface area contributed by atoms with Gasteiger partial charge in [0.15, 0.2) is 5.82 Å². The van der Waals surface area contributed by atoms with Crippen LogP contribution in [0.25, 0.3) is 5.82 Å². The first kappa shape index (κ1) is 10.6. The molecule has 0 spiro atoms. The molecule has 7 nitrogen and oxygen atoms in total. The number of nitrogens with zero attached hydrogens (tertiary/aromatic N) is 6. The molecular formula is C9H12N6O. The first-order valence-corrected chi connectivity index (χ1v) is 4.79. The molecule has 2 aromatic rings. The second-order valence-corrected chi connectivity index (χ2v) is 3.41. The Morgan fingerprint density at radius 2 is 2.06 bits per heavy atom. The van der Waals surface area contributed by atoms with E-state index in [0.29, 0.717) is 12.4 Å².